The number of hydrogen-bond donors (Lipinski definition) is 0. The lowest BCUT2D eigenvalue weighted by Gasteiger charge is -1.94. The molecule has 3 nitrogen and oxygen atoms in total. The molecule has 0 saturated carbocycles. The van der Waals surface area contributed by atoms with Crippen molar-refractivity contribution < 1.29 is 4.92 Å². The van der Waals surface area contributed by atoms with Gasteiger partial charge in [0.1, 0.15) is 0 Å². The Bertz CT molecular complexity index is 334. The summed E-state index contributed by atoms with van der Waals surface area (Å²) in [6, 6.07) is 6.50. The largest absolute Gasteiger partial charge is 0.269 e. The summed E-state index contributed by atoms with van der Waals surface area (Å²) in [5, 5.41) is 10.3. The average molecular weight is 177 g/mol. The Kier molecular flexibility index (Phi) is 2.80. The molecule has 0 saturated heterocycles. The van der Waals surface area contributed by atoms with Crippen molar-refractivity contribution in [3.05, 3.63) is 45.5 Å². The van der Waals surface area contributed by atoms with Crippen molar-refractivity contribution >= 4 is 11.8 Å². The summed E-state index contributed by atoms with van der Waals surface area (Å²) in [5.74, 6) is 0. The maximum Gasteiger partial charge on any atom is 0.269 e. The van der Waals surface area contributed by atoms with Gasteiger partial charge < -0.3 is 0 Å². The molecule has 0 amide bonds. The van der Waals surface area contributed by atoms with E-state index in [0.717, 1.165) is 5.56 Å². The van der Waals surface area contributed by atoms with E-state index in [2.05, 4.69) is 0 Å². The van der Waals surface area contributed by atoms with Gasteiger partial charge in [0.25, 0.3) is 5.69 Å². The zero-order chi connectivity index (χ0) is 9.84. The van der Waals surface area contributed by atoms with Crippen LogP contribution in [-0.4, -0.2) is 4.92 Å². The summed E-state index contributed by atoms with van der Waals surface area (Å²) in [4.78, 5) is 9.93. The zero-order valence-corrected chi connectivity index (χ0v) is 7.65. The molecular weight excluding hydrogens is 166 g/mol. The number of hydrogen-bond acceptors (Lipinski definition) is 2. The predicted molar refractivity (Wildman–Crippen MR) is 52.4 cm³/mol. The van der Waals surface area contributed by atoms with Crippen LogP contribution in [0.5, 0.6) is 0 Å². The van der Waals surface area contributed by atoms with Crippen LogP contribution in [0.2, 0.25) is 0 Å². The van der Waals surface area contributed by atoms with E-state index in [0.29, 0.717) is 0 Å². The molecule has 0 radical (unpaired) electrons. The second-order valence-electron chi connectivity index (χ2n) is 3.07. The van der Waals surface area contributed by atoms with Crippen LogP contribution in [0.3, 0.4) is 0 Å². The lowest BCUT2D eigenvalue weighted by molar-refractivity contribution is -0.384. The number of nitro benzene ring substituents is 1. The van der Waals surface area contributed by atoms with Crippen LogP contribution in [0.15, 0.2) is 29.8 Å². The Labute approximate surface area is 76.9 Å². The monoisotopic (exact) mass is 177 g/mol. The molecule has 0 aliphatic rings. The first-order valence-electron chi connectivity index (χ1n) is 3.99. The van der Waals surface area contributed by atoms with Gasteiger partial charge in [0.15, 0.2) is 0 Å². The van der Waals surface area contributed by atoms with E-state index < -0.39 is 4.92 Å². The molecule has 0 N–H and O–H groups in total. The SMILES string of the molecule is CC(C)=Cc1ccc([N+](=O)[O-])cc1. The van der Waals surface area contributed by atoms with E-state index in [1.165, 1.54) is 17.7 Å². The number of rotatable bonds is 2. The number of allylic oxidation sites excluding steroid dienone is 1. The average Bonchev–Trinajstić information content (AvgIpc) is 2.04. The number of nitro groups is 1. The standard InChI is InChI=1S/C10H11NO2/c1-8(2)7-9-3-5-10(6-4-9)11(12)13/h3-7H,1-2H3. The van der Waals surface area contributed by atoms with Gasteiger partial charge >= 0.3 is 0 Å². The number of nitrogens with zero attached hydrogens (tertiary/aromatic N) is 1. The summed E-state index contributed by atoms with van der Waals surface area (Å²) >= 11 is 0. The van der Waals surface area contributed by atoms with Crippen molar-refractivity contribution in [2.45, 2.75) is 13.8 Å². The van der Waals surface area contributed by atoms with Crippen LogP contribution in [-0.2, 0) is 0 Å². The summed E-state index contributed by atoms with van der Waals surface area (Å²) in [6.07, 6.45) is 1.98. The first-order valence-corrected chi connectivity index (χ1v) is 3.99. The van der Waals surface area contributed by atoms with Crippen LogP contribution < -0.4 is 0 Å². The van der Waals surface area contributed by atoms with E-state index in [4.69, 9.17) is 0 Å². The Balaban J connectivity index is 2.94. The third-order valence-corrected chi connectivity index (χ3v) is 1.56. The van der Waals surface area contributed by atoms with Gasteiger partial charge in [0, 0.05) is 12.1 Å². The van der Waals surface area contributed by atoms with Crippen LogP contribution in [0, 0.1) is 10.1 Å². The molecule has 0 bridgehead atoms. The first kappa shape index (κ1) is 9.45. The number of non-ortho nitro benzene ring substituents is 1. The van der Waals surface area contributed by atoms with Crippen molar-refractivity contribution in [2.24, 2.45) is 0 Å². The molecule has 13 heavy (non-hydrogen) atoms. The normalized spacial score (nSPS) is 9.38. The molecule has 1 aromatic carbocycles. The second-order valence-corrected chi connectivity index (χ2v) is 3.07. The molecule has 0 spiro atoms. The minimum Gasteiger partial charge on any atom is -0.258 e. The highest BCUT2D eigenvalue weighted by molar-refractivity contribution is 5.53. The smallest absolute Gasteiger partial charge is 0.258 e. The quantitative estimate of drug-likeness (QED) is 0.514. The molecule has 0 aliphatic heterocycles. The molecule has 0 heterocycles. The Morgan fingerprint density at radius 1 is 1.31 bits per heavy atom. The van der Waals surface area contributed by atoms with Gasteiger partial charge in [-0.05, 0) is 31.5 Å². The molecule has 1 aromatic rings. The van der Waals surface area contributed by atoms with Gasteiger partial charge in [-0.3, -0.25) is 10.1 Å². The summed E-state index contributed by atoms with van der Waals surface area (Å²) in [5.41, 5.74) is 2.30. The predicted octanol–water partition coefficient (Wildman–Crippen LogP) is 3.02. The summed E-state index contributed by atoms with van der Waals surface area (Å²) < 4.78 is 0. The van der Waals surface area contributed by atoms with Crippen molar-refractivity contribution in [3.63, 3.8) is 0 Å². The maximum atomic E-state index is 10.3. The van der Waals surface area contributed by atoms with Gasteiger partial charge in [-0.2, -0.15) is 0 Å². The summed E-state index contributed by atoms with van der Waals surface area (Å²) in [7, 11) is 0. The Morgan fingerprint density at radius 2 is 1.85 bits per heavy atom. The molecule has 1 rings (SSSR count). The van der Waals surface area contributed by atoms with Gasteiger partial charge in [-0.25, -0.2) is 0 Å². The molecule has 3 heteroatoms. The van der Waals surface area contributed by atoms with Gasteiger partial charge in [0.2, 0.25) is 0 Å². The maximum absolute atomic E-state index is 10.3. The second kappa shape index (κ2) is 3.85. The van der Waals surface area contributed by atoms with Crippen LogP contribution in [0.4, 0.5) is 5.69 Å². The third kappa shape index (κ3) is 2.71. The molecule has 68 valence electrons. The molecule has 0 unspecified atom stereocenters. The summed E-state index contributed by atoms with van der Waals surface area (Å²) in [6.45, 7) is 3.98. The molecule has 0 atom stereocenters. The van der Waals surface area contributed by atoms with Crippen LogP contribution >= 0.6 is 0 Å². The van der Waals surface area contributed by atoms with Crippen molar-refractivity contribution in [2.75, 3.05) is 0 Å². The van der Waals surface area contributed by atoms with E-state index in [1.54, 1.807) is 12.1 Å². The van der Waals surface area contributed by atoms with Crippen LogP contribution in [0.1, 0.15) is 19.4 Å². The fourth-order valence-electron chi connectivity index (χ4n) is 1.03. The van der Waals surface area contributed by atoms with Gasteiger partial charge in [-0.15, -0.1) is 0 Å². The van der Waals surface area contributed by atoms with Crippen LogP contribution in [0.25, 0.3) is 6.08 Å². The lowest BCUT2D eigenvalue weighted by atomic mass is 10.1. The first-order chi connectivity index (χ1) is 6.09. The lowest BCUT2D eigenvalue weighted by Crippen LogP contribution is -1.86. The topological polar surface area (TPSA) is 43.1 Å². The van der Waals surface area contributed by atoms with Gasteiger partial charge in [0.05, 0.1) is 4.92 Å². The molecular formula is C10H11NO2. The van der Waals surface area contributed by atoms with Gasteiger partial charge in [-0.1, -0.05) is 11.6 Å². The zero-order valence-electron chi connectivity index (χ0n) is 7.65. The molecule has 0 fully saturated rings. The Morgan fingerprint density at radius 3 is 2.23 bits per heavy atom. The van der Waals surface area contributed by atoms with E-state index in [-0.39, 0.29) is 5.69 Å². The fraction of sp³-hybridized carbons (Fsp3) is 0.200. The van der Waals surface area contributed by atoms with Crippen molar-refractivity contribution in [1.29, 1.82) is 0 Å². The highest BCUT2D eigenvalue weighted by Crippen LogP contribution is 2.13. The minimum absolute atomic E-state index is 0.130. The minimum atomic E-state index is -0.397. The third-order valence-electron chi connectivity index (χ3n) is 1.56. The van der Waals surface area contributed by atoms with E-state index in [9.17, 15) is 10.1 Å². The number of benzene rings is 1. The molecule has 0 aliphatic carbocycles. The van der Waals surface area contributed by atoms with E-state index in [1.807, 2.05) is 19.9 Å². The molecule has 0 aromatic heterocycles. The van der Waals surface area contributed by atoms with Crippen molar-refractivity contribution in [3.8, 4) is 0 Å². The highest BCUT2D eigenvalue weighted by atomic mass is 16.6. The van der Waals surface area contributed by atoms with E-state index >= 15 is 0 Å². The van der Waals surface area contributed by atoms with Crippen molar-refractivity contribution in [1.82, 2.24) is 0 Å². The highest BCUT2D eigenvalue weighted by Gasteiger charge is 2.01. The fourth-order valence-corrected chi connectivity index (χ4v) is 1.03. The Hall–Kier alpha value is -1.64.